The maximum absolute atomic E-state index is 12.9. The first-order chi connectivity index (χ1) is 8.06. The highest BCUT2D eigenvalue weighted by Gasteiger charge is 2.07. The predicted molar refractivity (Wildman–Crippen MR) is 67.6 cm³/mol. The van der Waals surface area contributed by atoms with Crippen molar-refractivity contribution in [2.24, 2.45) is 0 Å². The number of pyridine rings is 1. The Morgan fingerprint density at radius 3 is 2.76 bits per heavy atom. The molecule has 17 heavy (non-hydrogen) atoms. The fourth-order valence-electron chi connectivity index (χ4n) is 1.35. The molecule has 0 atom stereocenters. The van der Waals surface area contributed by atoms with E-state index < -0.39 is 0 Å². The standard InChI is InChI=1S/C12H10BrFN2O/c1-7-4-9(15)6-16-12(7)17-11-3-2-8(14)5-10(11)13/h2-6H,15H2,1H3. The third-order valence-corrected chi connectivity index (χ3v) is 2.77. The third-order valence-electron chi connectivity index (χ3n) is 2.15. The van der Waals surface area contributed by atoms with Gasteiger partial charge in [-0.2, -0.15) is 0 Å². The topological polar surface area (TPSA) is 48.1 Å². The van der Waals surface area contributed by atoms with Crippen LogP contribution in [0.25, 0.3) is 0 Å². The lowest BCUT2D eigenvalue weighted by Crippen LogP contribution is -1.94. The maximum Gasteiger partial charge on any atom is 0.222 e. The first kappa shape index (κ1) is 11.9. The molecule has 1 aromatic carbocycles. The summed E-state index contributed by atoms with van der Waals surface area (Å²) in [5.74, 6) is 0.629. The number of halogens is 2. The monoisotopic (exact) mass is 296 g/mol. The molecular formula is C12H10BrFN2O. The van der Waals surface area contributed by atoms with Gasteiger partial charge in [0.25, 0.3) is 0 Å². The molecule has 0 fully saturated rings. The molecule has 0 saturated carbocycles. The Morgan fingerprint density at radius 2 is 2.12 bits per heavy atom. The zero-order chi connectivity index (χ0) is 12.4. The van der Waals surface area contributed by atoms with Gasteiger partial charge in [0, 0.05) is 5.56 Å². The fraction of sp³-hybridized carbons (Fsp3) is 0.0833. The summed E-state index contributed by atoms with van der Waals surface area (Å²) in [5, 5.41) is 0. The minimum Gasteiger partial charge on any atom is -0.438 e. The van der Waals surface area contributed by atoms with Crippen molar-refractivity contribution in [2.45, 2.75) is 6.92 Å². The van der Waals surface area contributed by atoms with Crippen molar-refractivity contribution >= 4 is 21.6 Å². The zero-order valence-corrected chi connectivity index (χ0v) is 10.7. The van der Waals surface area contributed by atoms with E-state index in [0.29, 0.717) is 21.8 Å². The van der Waals surface area contributed by atoms with Crippen LogP contribution in [0.3, 0.4) is 0 Å². The summed E-state index contributed by atoms with van der Waals surface area (Å²) < 4.78 is 19.0. The number of nitrogen functional groups attached to an aromatic ring is 1. The number of aryl methyl sites for hydroxylation is 1. The number of nitrogens with two attached hydrogens (primary N) is 1. The average Bonchev–Trinajstić information content (AvgIpc) is 2.25. The van der Waals surface area contributed by atoms with Crippen molar-refractivity contribution in [3.8, 4) is 11.6 Å². The lowest BCUT2D eigenvalue weighted by molar-refractivity contribution is 0.454. The molecule has 1 heterocycles. The average molecular weight is 297 g/mol. The molecule has 1 aromatic heterocycles. The first-order valence-electron chi connectivity index (χ1n) is 4.91. The van der Waals surface area contributed by atoms with Gasteiger partial charge in [-0.05, 0) is 47.1 Å². The number of hydrogen-bond acceptors (Lipinski definition) is 3. The van der Waals surface area contributed by atoms with E-state index in [1.807, 2.05) is 6.92 Å². The summed E-state index contributed by atoms with van der Waals surface area (Å²) >= 11 is 3.23. The first-order valence-corrected chi connectivity index (χ1v) is 5.70. The van der Waals surface area contributed by atoms with Crippen molar-refractivity contribution in [3.63, 3.8) is 0 Å². The maximum atomic E-state index is 12.9. The molecule has 88 valence electrons. The van der Waals surface area contributed by atoms with Gasteiger partial charge in [-0.3, -0.25) is 0 Å². The largest absolute Gasteiger partial charge is 0.438 e. The van der Waals surface area contributed by atoms with Crippen molar-refractivity contribution in [1.82, 2.24) is 4.98 Å². The Balaban J connectivity index is 2.31. The molecule has 0 amide bonds. The Kier molecular flexibility index (Phi) is 3.28. The van der Waals surface area contributed by atoms with Crippen LogP contribution >= 0.6 is 15.9 Å². The third kappa shape index (κ3) is 2.74. The van der Waals surface area contributed by atoms with Gasteiger partial charge in [-0.25, -0.2) is 9.37 Å². The van der Waals surface area contributed by atoms with E-state index in [1.54, 1.807) is 6.07 Å². The van der Waals surface area contributed by atoms with Gasteiger partial charge >= 0.3 is 0 Å². The lowest BCUT2D eigenvalue weighted by Gasteiger charge is -2.09. The fourth-order valence-corrected chi connectivity index (χ4v) is 1.78. The van der Waals surface area contributed by atoms with E-state index >= 15 is 0 Å². The number of nitrogens with zero attached hydrogens (tertiary/aromatic N) is 1. The van der Waals surface area contributed by atoms with E-state index in [9.17, 15) is 4.39 Å². The molecular weight excluding hydrogens is 287 g/mol. The molecule has 0 bridgehead atoms. The minimum atomic E-state index is -0.328. The summed E-state index contributed by atoms with van der Waals surface area (Å²) in [5.41, 5.74) is 6.99. The highest BCUT2D eigenvalue weighted by atomic mass is 79.9. The van der Waals surface area contributed by atoms with Crippen LogP contribution in [0.5, 0.6) is 11.6 Å². The number of hydrogen-bond donors (Lipinski definition) is 1. The zero-order valence-electron chi connectivity index (χ0n) is 9.08. The molecule has 0 aliphatic rings. The number of ether oxygens (including phenoxy) is 1. The smallest absolute Gasteiger partial charge is 0.222 e. The summed E-state index contributed by atoms with van der Waals surface area (Å²) in [6, 6.07) is 5.96. The van der Waals surface area contributed by atoms with E-state index in [4.69, 9.17) is 10.5 Å². The number of aromatic nitrogens is 1. The Morgan fingerprint density at radius 1 is 1.35 bits per heavy atom. The molecule has 0 radical (unpaired) electrons. The van der Waals surface area contributed by atoms with Gasteiger partial charge in [0.05, 0.1) is 16.4 Å². The van der Waals surface area contributed by atoms with Crippen LogP contribution < -0.4 is 10.5 Å². The van der Waals surface area contributed by atoms with E-state index in [0.717, 1.165) is 5.56 Å². The van der Waals surface area contributed by atoms with Gasteiger partial charge in [0.15, 0.2) is 0 Å². The predicted octanol–water partition coefficient (Wildman–Crippen LogP) is 3.67. The quantitative estimate of drug-likeness (QED) is 0.920. The molecule has 2 aromatic rings. The number of benzene rings is 1. The van der Waals surface area contributed by atoms with Gasteiger partial charge in [0.2, 0.25) is 5.88 Å². The second-order valence-electron chi connectivity index (χ2n) is 3.57. The summed E-state index contributed by atoms with van der Waals surface area (Å²) in [7, 11) is 0. The van der Waals surface area contributed by atoms with Crippen molar-refractivity contribution in [3.05, 3.63) is 46.3 Å². The summed E-state index contributed by atoms with van der Waals surface area (Å²) in [6.45, 7) is 1.84. The molecule has 0 unspecified atom stereocenters. The number of anilines is 1. The van der Waals surface area contributed by atoms with Crippen LogP contribution in [0.1, 0.15) is 5.56 Å². The minimum absolute atomic E-state index is 0.328. The Hall–Kier alpha value is -1.62. The van der Waals surface area contributed by atoms with Crippen LogP contribution in [0, 0.1) is 12.7 Å². The van der Waals surface area contributed by atoms with Crippen LogP contribution in [0.4, 0.5) is 10.1 Å². The SMILES string of the molecule is Cc1cc(N)cnc1Oc1ccc(F)cc1Br. The van der Waals surface area contributed by atoms with Gasteiger partial charge < -0.3 is 10.5 Å². The molecule has 0 aliphatic carbocycles. The van der Waals surface area contributed by atoms with E-state index in [2.05, 4.69) is 20.9 Å². The van der Waals surface area contributed by atoms with E-state index in [-0.39, 0.29) is 5.82 Å². The molecule has 2 N–H and O–H groups in total. The Labute approximate surface area is 107 Å². The summed E-state index contributed by atoms with van der Waals surface area (Å²) in [6.07, 6.45) is 1.51. The Bertz CT molecular complexity index is 511. The lowest BCUT2D eigenvalue weighted by atomic mass is 10.3. The molecule has 0 saturated heterocycles. The van der Waals surface area contributed by atoms with Gasteiger partial charge in [-0.1, -0.05) is 0 Å². The van der Waals surface area contributed by atoms with Crippen LogP contribution in [0.2, 0.25) is 0 Å². The van der Waals surface area contributed by atoms with E-state index in [1.165, 1.54) is 24.4 Å². The van der Waals surface area contributed by atoms with Crippen molar-refractivity contribution in [2.75, 3.05) is 5.73 Å². The second kappa shape index (κ2) is 4.71. The molecule has 0 aliphatic heterocycles. The van der Waals surface area contributed by atoms with Crippen LogP contribution in [-0.2, 0) is 0 Å². The second-order valence-corrected chi connectivity index (χ2v) is 4.42. The van der Waals surface area contributed by atoms with Crippen molar-refractivity contribution in [1.29, 1.82) is 0 Å². The van der Waals surface area contributed by atoms with Gasteiger partial charge in [-0.15, -0.1) is 0 Å². The van der Waals surface area contributed by atoms with Crippen molar-refractivity contribution < 1.29 is 9.13 Å². The molecule has 3 nitrogen and oxygen atoms in total. The number of rotatable bonds is 2. The molecule has 2 rings (SSSR count). The molecule has 0 spiro atoms. The van der Waals surface area contributed by atoms with Crippen LogP contribution in [0.15, 0.2) is 34.9 Å². The van der Waals surface area contributed by atoms with Crippen LogP contribution in [-0.4, -0.2) is 4.98 Å². The highest BCUT2D eigenvalue weighted by molar-refractivity contribution is 9.10. The normalized spacial score (nSPS) is 10.3. The molecule has 5 heteroatoms. The van der Waals surface area contributed by atoms with Gasteiger partial charge in [0.1, 0.15) is 11.6 Å². The summed E-state index contributed by atoms with van der Waals surface area (Å²) in [4.78, 5) is 4.07. The highest BCUT2D eigenvalue weighted by Crippen LogP contribution is 2.30.